The van der Waals surface area contributed by atoms with Gasteiger partial charge in [0, 0.05) is 7.11 Å². The monoisotopic (exact) mass is 86.0 g/mol. The first-order valence-corrected chi connectivity index (χ1v) is 1.63. The first-order chi connectivity index (χ1) is 1.41. The molecule has 0 unspecified atom stereocenters. The molecule has 0 N–H and O–H groups in total. The summed E-state index contributed by atoms with van der Waals surface area (Å²) in [5.74, 6) is 0. The van der Waals surface area contributed by atoms with Crippen LogP contribution in [0.15, 0.2) is 0 Å². The Balaban J connectivity index is 0. The Labute approximate surface area is 51.6 Å². The van der Waals surface area contributed by atoms with Crippen LogP contribution in [0.25, 0.3) is 0 Å². The summed E-state index contributed by atoms with van der Waals surface area (Å²) < 4.78 is 4.39. The molecule has 0 saturated carbocycles. The molecule has 22 valence electrons. The van der Waals surface area contributed by atoms with Gasteiger partial charge in [0.25, 0.3) is 0 Å². The van der Waals surface area contributed by atoms with Gasteiger partial charge in [-0.15, -0.1) is 0 Å². The van der Waals surface area contributed by atoms with Gasteiger partial charge in [-0.1, -0.05) is 0 Å². The molecule has 1 nitrogen and oxygen atoms in total. The van der Waals surface area contributed by atoms with Gasteiger partial charge in [-0.3, -0.25) is 0 Å². The van der Waals surface area contributed by atoms with Crippen molar-refractivity contribution in [1.82, 2.24) is 0 Å². The van der Waals surface area contributed by atoms with E-state index < -0.39 is 0 Å². The van der Waals surface area contributed by atoms with Crippen LogP contribution in [0, 0.1) is 0 Å². The first-order valence-electron chi connectivity index (χ1n) is 0.816. The van der Waals surface area contributed by atoms with E-state index in [1.807, 2.05) is 0 Å². The Kier molecular flexibility index (Phi) is 19.9. The van der Waals surface area contributed by atoms with Crippen molar-refractivity contribution in [2.75, 3.05) is 7.11 Å². The Morgan fingerprint density at radius 1 is 1.75 bits per heavy atom. The number of hydrogen-bond acceptors (Lipinski definition) is 1. The molecule has 0 aromatic heterocycles. The summed E-state index contributed by atoms with van der Waals surface area (Å²) in [5, 5.41) is 0. The quantitative estimate of drug-likeness (QED) is 0.318. The van der Waals surface area contributed by atoms with Crippen molar-refractivity contribution in [1.29, 1.82) is 0 Å². The van der Waals surface area contributed by atoms with E-state index in [1.165, 1.54) is 0 Å². The van der Waals surface area contributed by atoms with Gasteiger partial charge in [0.1, 0.15) is 10.5 Å². The summed E-state index contributed by atoms with van der Waals surface area (Å²) in [4.78, 5) is 0. The predicted molar refractivity (Wildman–Crippen MR) is 24.1 cm³/mol. The average Bonchev–Trinajstić information content (AvgIpc) is 0.918. The molecule has 0 atom stereocenters. The second-order valence-electron chi connectivity index (χ2n) is 0.408. The Bertz CT molecular complexity index is 8.00. The van der Waals surface area contributed by atoms with Crippen LogP contribution in [0.2, 0.25) is 0 Å². The van der Waals surface area contributed by atoms with Crippen molar-refractivity contribution in [2.45, 2.75) is 0 Å². The summed E-state index contributed by atoms with van der Waals surface area (Å²) >= 11 is 0. The summed E-state index contributed by atoms with van der Waals surface area (Å²) in [7, 11) is 2.56. The summed E-state index contributed by atoms with van der Waals surface area (Å²) in [6.45, 7) is 0. The Hall–Kier alpha value is 1.18. The molecule has 0 aromatic carbocycles. The average molecular weight is 86.1 g/mol. The number of hydrogen-bond donors (Lipinski definition) is 0. The molecule has 0 spiro atoms. The SMILES string of the molecule is CO[SiH3].[NaH]. The van der Waals surface area contributed by atoms with E-state index in [2.05, 4.69) is 4.43 Å². The van der Waals surface area contributed by atoms with Crippen molar-refractivity contribution in [3.63, 3.8) is 0 Å². The zero-order valence-electron chi connectivity index (χ0n) is 2.41. The molecule has 0 fully saturated rings. The molecule has 0 rings (SSSR count). The molecule has 0 bridgehead atoms. The molecule has 0 aromatic rings. The van der Waals surface area contributed by atoms with Gasteiger partial charge in [-0.25, -0.2) is 0 Å². The van der Waals surface area contributed by atoms with Gasteiger partial charge in [0.15, 0.2) is 0 Å². The van der Waals surface area contributed by atoms with Crippen LogP contribution in [0.3, 0.4) is 0 Å². The molecule has 0 aliphatic carbocycles. The van der Waals surface area contributed by atoms with Crippen molar-refractivity contribution in [3.05, 3.63) is 0 Å². The zero-order valence-corrected chi connectivity index (χ0v) is 4.41. The Morgan fingerprint density at radius 3 is 1.75 bits per heavy atom. The van der Waals surface area contributed by atoms with Crippen LogP contribution >= 0.6 is 0 Å². The van der Waals surface area contributed by atoms with E-state index in [-0.39, 0.29) is 29.6 Å². The molecule has 4 heavy (non-hydrogen) atoms. The molecule has 0 radical (unpaired) electrons. The van der Waals surface area contributed by atoms with Crippen molar-refractivity contribution in [3.8, 4) is 0 Å². The van der Waals surface area contributed by atoms with E-state index in [0.29, 0.717) is 0 Å². The van der Waals surface area contributed by atoms with Gasteiger partial charge in [0.05, 0.1) is 0 Å². The van der Waals surface area contributed by atoms with Gasteiger partial charge in [-0.2, -0.15) is 0 Å². The third kappa shape index (κ3) is 10.9. The maximum atomic E-state index is 4.39. The predicted octanol–water partition coefficient (Wildman–Crippen LogP) is -1.74. The first kappa shape index (κ1) is 8.95. The maximum absolute atomic E-state index is 4.39. The molecule has 0 heterocycles. The zero-order chi connectivity index (χ0) is 2.71. The third-order valence-electron chi connectivity index (χ3n) is 0. The molecular weight excluding hydrogens is 79.1 g/mol. The summed E-state index contributed by atoms with van der Waals surface area (Å²) in [6.07, 6.45) is 0. The topological polar surface area (TPSA) is 9.23 Å². The fraction of sp³-hybridized carbons (Fsp3) is 1.00. The van der Waals surface area contributed by atoms with Crippen LogP contribution in [-0.4, -0.2) is 47.2 Å². The molecular formula is CH7NaOSi. The van der Waals surface area contributed by atoms with Crippen LogP contribution in [-0.2, 0) is 4.43 Å². The molecule has 0 saturated heterocycles. The van der Waals surface area contributed by atoms with Gasteiger partial charge in [0.2, 0.25) is 0 Å². The minimum atomic E-state index is 0. The fourth-order valence-corrected chi connectivity index (χ4v) is 0. The standard InChI is InChI=1S/CH6OSi.Na.H/c1-2-3;;/h1,3H3;;. The van der Waals surface area contributed by atoms with E-state index in [0.717, 1.165) is 10.5 Å². The van der Waals surface area contributed by atoms with Gasteiger partial charge >= 0.3 is 29.6 Å². The van der Waals surface area contributed by atoms with E-state index in [4.69, 9.17) is 0 Å². The number of rotatable bonds is 0. The van der Waals surface area contributed by atoms with Crippen LogP contribution < -0.4 is 0 Å². The van der Waals surface area contributed by atoms with Gasteiger partial charge < -0.3 is 4.43 Å². The second kappa shape index (κ2) is 8.90. The van der Waals surface area contributed by atoms with Crippen molar-refractivity contribution >= 4 is 40.0 Å². The molecule has 0 aliphatic rings. The normalized spacial score (nSPS) is 5.25. The molecule has 3 heteroatoms. The summed E-state index contributed by atoms with van der Waals surface area (Å²) in [5.41, 5.74) is 0. The second-order valence-corrected chi connectivity index (χ2v) is 1.22. The van der Waals surface area contributed by atoms with E-state index in [9.17, 15) is 0 Å². The van der Waals surface area contributed by atoms with E-state index in [1.54, 1.807) is 7.11 Å². The van der Waals surface area contributed by atoms with Crippen molar-refractivity contribution < 1.29 is 4.43 Å². The third-order valence-corrected chi connectivity index (χ3v) is 0. The summed E-state index contributed by atoms with van der Waals surface area (Å²) in [6, 6.07) is 0. The van der Waals surface area contributed by atoms with Gasteiger partial charge in [-0.05, 0) is 0 Å². The van der Waals surface area contributed by atoms with Crippen LogP contribution in [0.1, 0.15) is 0 Å². The van der Waals surface area contributed by atoms with Crippen LogP contribution in [0.5, 0.6) is 0 Å². The Morgan fingerprint density at radius 2 is 1.75 bits per heavy atom. The van der Waals surface area contributed by atoms with Crippen LogP contribution in [0.4, 0.5) is 0 Å². The van der Waals surface area contributed by atoms with Crippen molar-refractivity contribution in [2.24, 2.45) is 0 Å². The molecule has 0 aliphatic heterocycles. The fourth-order valence-electron chi connectivity index (χ4n) is 0. The van der Waals surface area contributed by atoms with E-state index >= 15 is 0 Å². The molecule has 0 amide bonds. The minimum absolute atomic E-state index is 0.